The van der Waals surface area contributed by atoms with Crippen molar-refractivity contribution in [3.05, 3.63) is 0 Å². The van der Waals surface area contributed by atoms with E-state index < -0.39 is 0 Å². The van der Waals surface area contributed by atoms with Crippen molar-refractivity contribution >= 4 is 0 Å². The van der Waals surface area contributed by atoms with Gasteiger partial charge in [-0.05, 0) is 50.4 Å². The molecule has 1 N–H and O–H groups in total. The van der Waals surface area contributed by atoms with Gasteiger partial charge in [0, 0.05) is 12.1 Å². The molecule has 2 aliphatic carbocycles. The Morgan fingerprint density at radius 2 is 1.75 bits per heavy atom. The minimum Gasteiger partial charge on any atom is -0.311 e. The Bertz CT molecular complexity index is 215. The first-order valence-corrected chi connectivity index (χ1v) is 7.33. The van der Waals surface area contributed by atoms with E-state index in [4.69, 9.17) is 0 Å². The van der Waals surface area contributed by atoms with E-state index in [-0.39, 0.29) is 0 Å². The van der Waals surface area contributed by atoms with Crippen LogP contribution in [-0.4, -0.2) is 12.1 Å². The number of rotatable bonds is 3. The van der Waals surface area contributed by atoms with Gasteiger partial charge in [-0.3, -0.25) is 0 Å². The molecule has 0 radical (unpaired) electrons. The van der Waals surface area contributed by atoms with E-state index in [1.54, 1.807) is 0 Å². The smallest absolute Gasteiger partial charge is 0.00749 e. The lowest BCUT2D eigenvalue weighted by Crippen LogP contribution is -2.40. The number of hydrogen-bond donors (Lipinski definition) is 1. The average molecular weight is 223 g/mol. The minimum atomic E-state index is 0.587. The molecule has 2 aliphatic rings. The molecule has 2 rings (SSSR count). The zero-order chi connectivity index (χ0) is 11.6. The second kappa shape index (κ2) is 5.08. The molecule has 2 atom stereocenters. The molecule has 16 heavy (non-hydrogen) atoms. The summed E-state index contributed by atoms with van der Waals surface area (Å²) in [6.07, 6.45) is 11.5. The van der Waals surface area contributed by atoms with Gasteiger partial charge in [-0.15, -0.1) is 0 Å². The summed E-state index contributed by atoms with van der Waals surface area (Å²) < 4.78 is 0. The summed E-state index contributed by atoms with van der Waals surface area (Å²) in [5, 5.41) is 3.90. The van der Waals surface area contributed by atoms with E-state index in [0.29, 0.717) is 5.41 Å². The van der Waals surface area contributed by atoms with Crippen LogP contribution in [0.4, 0.5) is 0 Å². The van der Waals surface area contributed by atoms with Crippen molar-refractivity contribution in [2.45, 2.75) is 84.2 Å². The zero-order valence-corrected chi connectivity index (χ0v) is 11.4. The molecular weight excluding hydrogens is 194 g/mol. The van der Waals surface area contributed by atoms with Crippen molar-refractivity contribution in [1.82, 2.24) is 5.32 Å². The fourth-order valence-corrected chi connectivity index (χ4v) is 3.72. The highest BCUT2D eigenvalue weighted by atomic mass is 15.0. The van der Waals surface area contributed by atoms with Crippen LogP contribution in [0.15, 0.2) is 0 Å². The summed E-state index contributed by atoms with van der Waals surface area (Å²) in [4.78, 5) is 0. The van der Waals surface area contributed by atoms with Gasteiger partial charge < -0.3 is 5.32 Å². The van der Waals surface area contributed by atoms with Crippen LogP contribution in [0.3, 0.4) is 0 Å². The lowest BCUT2D eigenvalue weighted by Gasteiger charge is -2.31. The van der Waals surface area contributed by atoms with Crippen LogP contribution in [-0.2, 0) is 0 Å². The maximum absolute atomic E-state index is 3.90. The van der Waals surface area contributed by atoms with Crippen molar-refractivity contribution < 1.29 is 0 Å². The van der Waals surface area contributed by atoms with Gasteiger partial charge in [-0.1, -0.05) is 33.1 Å². The minimum absolute atomic E-state index is 0.587. The third kappa shape index (κ3) is 3.23. The Kier molecular flexibility index (Phi) is 3.94. The molecule has 1 unspecified atom stereocenters. The standard InChI is InChI=1S/C15H29N/c1-12(13-7-5-4-6-8-13)16-14-9-10-15(2,3)11-14/h12-14,16H,4-11H2,1-3H3/t12-,14?/m0/s1. The van der Waals surface area contributed by atoms with Crippen LogP contribution in [0.25, 0.3) is 0 Å². The largest absolute Gasteiger partial charge is 0.311 e. The van der Waals surface area contributed by atoms with E-state index in [1.165, 1.54) is 51.4 Å². The fraction of sp³-hybridized carbons (Fsp3) is 1.00. The molecule has 0 heterocycles. The van der Waals surface area contributed by atoms with Crippen molar-refractivity contribution in [2.75, 3.05) is 0 Å². The molecule has 0 aromatic heterocycles. The normalized spacial score (nSPS) is 32.8. The molecule has 0 amide bonds. The van der Waals surface area contributed by atoms with E-state index in [2.05, 4.69) is 26.1 Å². The maximum Gasteiger partial charge on any atom is 0.00749 e. The van der Waals surface area contributed by atoms with Crippen LogP contribution in [0.5, 0.6) is 0 Å². The molecule has 0 aromatic carbocycles. The van der Waals surface area contributed by atoms with E-state index in [0.717, 1.165) is 18.0 Å². The highest BCUT2D eigenvalue weighted by Crippen LogP contribution is 2.37. The third-order valence-corrected chi connectivity index (χ3v) is 4.82. The molecular formula is C15H29N. The monoisotopic (exact) mass is 223 g/mol. The lowest BCUT2D eigenvalue weighted by atomic mass is 9.84. The van der Waals surface area contributed by atoms with Crippen LogP contribution >= 0.6 is 0 Å². The zero-order valence-electron chi connectivity index (χ0n) is 11.4. The van der Waals surface area contributed by atoms with Gasteiger partial charge in [0.15, 0.2) is 0 Å². The van der Waals surface area contributed by atoms with Crippen LogP contribution in [0.1, 0.15) is 72.1 Å². The first-order valence-electron chi connectivity index (χ1n) is 7.33. The Labute approximate surface area is 101 Å². The van der Waals surface area contributed by atoms with E-state index >= 15 is 0 Å². The predicted molar refractivity (Wildman–Crippen MR) is 70.6 cm³/mol. The highest BCUT2D eigenvalue weighted by Gasteiger charge is 2.32. The summed E-state index contributed by atoms with van der Waals surface area (Å²) in [6, 6.07) is 1.55. The Morgan fingerprint density at radius 1 is 1.06 bits per heavy atom. The van der Waals surface area contributed by atoms with Crippen LogP contribution < -0.4 is 5.32 Å². The lowest BCUT2D eigenvalue weighted by molar-refractivity contribution is 0.258. The molecule has 2 saturated carbocycles. The fourth-order valence-electron chi connectivity index (χ4n) is 3.72. The Hall–Kier alpha value is -0.0400. The summed E-state index contributed by atoms with van der Waals surface area (Å²) >= 11 is 0. The molecule has 1 nitrogen and oxygen atoms in total. The SMILES string of the molecule is C[C@H](NC1CCC(C)(C)C1)C1CCCCC1. The van der Waals surface area contributed by atoms with Crippen molar-refractivity contribution in [1.29, 1.82) is 0 Å². The summed E-state index contributed by atoms with van der Waals surface area (Å²) in [5.41, 5.74) is 0.587. The number of hydrogen-bond acceptors (Lipinski definition) is 1. The summed E-state index contributed by atoms with van der Waals surface area (Å²) in [6.45, 7) is 7.25. The summed E-state index contributed by atoms with van der Waals surface area (Å²) in [7, 11) is 0. The Morgan fingerprint density at radius 3 is 2.31 bits per heavy atom. The second-order valence-corrected chi connectivity index (χ2v) is 6.96. The van der Waals surface area contributed by atoms with Gasteiger partial charge in [-0.2, -0.15) is 0 Å². The molecule has 0 aliphatic heterocycles. The molecule has 2 fully saturated rings. The first kappa shape index (κ1) is 12.4. The number of nitrogens with one attached hydrogen (secondary N) is 1. The van der Waals surface area contributed by atoms with Gasteiger partial charge in [-0.25, -0.2) is 0 Å². The highest BCUT2D eigenvalue weighted by molar-refractivity contribution is 4.89. The quantitative estimate of drug-likeness (QED) is 0.759. The molecule has 94 valence electrons. The predicted octanol–water partition coefficient (Wildman–Crippen LogP) is 4.12. The van der Waals surface area contributed by atoms with Crippen molar-refractivity contribution in [3.63, 3.8) is 0 Å². The van der Waals surface area contributed by atoms with Gasteiger partial charge in [0.2, 0.25) is 0 Å². The molecule has 1 heteroatoms. The van der Waals surface area contributed by atoms with Gasteiger partial charge in [0.05, 0.1) is 0 Å². The van der Waals surface area contributed by atoms with Gasteiger partial charge in [0.1, 0.15) is 0 Å². The van der Waals surface area contributed by atoms with Crippen LogP contribution in [0.2, 0.25) is 0 Å². The molecule has 0 aromatic rings. The van der Waals surface area contributed by atoms with Gasteiger partial charge in [0.25, 0.3) is 0 Å². The van der Waals surface area contributed by atoms with Crippen molar-refractivity contribution in [3.8, 4) is 0 Å². The van der Waals surface area contributed by atoms with Crippen LogP contribution in [0, 0.1) is 11.3 Å². The topological polar surface area (TPSA) is 12.0 Å². The Balaban J connectivity index is 1.76. The third-order valence-electron chi connectivity index (χ3n) is 4.82. The molecule has 0 bridgehead atoms. The first-order chi connectivity index (χ1) is 7.57. The van der Waals surface area contributed by atoms with E-state index in [1.807, 2.05) is 0 Å². The average Bonchev–Trinajstić information content (AvgIpc) is 2.59. The summed E-state index contributed by atoms with van der Waals surface area (Å²) in [5.74, 6) is 0.956. The molecule has 0 saturated heterocycles. The van der Waals surface area contributed by atoms with Gasteiger partial charge >= 0.3 is 0 Å². The maximum atomic E-state index is 3.90. The van der Waals surface area contributed by atoms with Crippen molar-refractivity contribution in [2.24, 2.45) is 11.3 Å². The molecule has 0 spiro atoms. The van der Waals surface area contributed by atoms with E-state index in [9.17, 15) is 0 Å². The second-order valence-electron chi connectivity index (χ2n) is 6.96.